The van der Waals surface area contributed by atoms with Crippen LogP contribution in [-0.4, -0.2) is 35.5 Å². The van der Waals surface area contributed by atoms with Crippen LogP contribution in [0.2, 0.25) is 0 Å². The summed E-state index contributed by atoms with van der Waals surface area (Å²) >= 11 is 0. The molecule has 1 unspecified atom stereocenters. The third-order valence-corrected chi connectivity index (χ3v) is 5.01. The van der Waals surface area contributed by atoms with Crippen LogP contribution in [-0.2, 0) is 6.54 Å². The average molecular weight is 320 g/mol. The fourth-order valence-corrected chi connectivity index (χ4v) is 3.49. The lowest BCUT2D eigenvalue weighted by Gasteiger charge is -2.24. The zero-order chi connectivity index (χ0) is 16.8. The molecule has 0 bridgehead atoms. The van der Waals surface area contributed by atoms with Gasteiger partial charge in [0.2, 0.25) is 5.89 Å². The van der Waals surface area contributed by atoms with Crippen LogP contribution in [0.1, 0.15) is 57.4 Å². The molecule has 0 radical (unpaired) electrons. The van der Waals surface area contributed by atoms with Crippen LogP contribution in [0.3, 0.4) is 0 Å². The predicted octanol–water partition coefficient (Wildman–Crippen LogP) is 3.52. The van der Waals surface area contributed by atoms with Crippen molar-refractivity contribution in [2.24, 2.45) is 16.8 Å². The van der Waals surface area contributed by atoms with Crippen molar-refractivity contribution in [1.29, 1.82) is 0 Å². The maximum atomic E-state index is 5.64. The van der Waals surface area contributed by atoms with Gasteiger partial charge >= 0.3 is 0 Å². The van der Waals surface area contributed by atoms with Gasteiger partial charge < -0.3 is 14.6 Å². The second-order valence-corrected chi connectivity index (χ2v) is 6.49. The minimum absolute atomic E-state index is 0.503. The number of aryl methyl sites for hydroxylation is 2. The molecule has 0 aliphatic carbocycles. The van der Waals surface area contributed by atoms with Crippen molar-refractivity contribution in [2.75, 3.05) is 19.6 Å². The van der Waals surface area contributed by atoms with E-state index < -0.39 is 0 Å². The molecule has 1 aromatic rings. The van der Waals surface area contributed by atoms with Gasteiger partial charge in [0.1, 0.15) is 12.3 Å². The summed E-state index contributed by atoms with van der Waals surface area (Å²) in [5, 5.41) is 3.42. The first-order chi connectivity index (χ1) is 11.1. The molecule has 5 nitrogen and oxygen atoms in total. The lowest BCUT2D eigenvalue weighted by atomic mass is 9.87. The van der Waals surface area contributed by atoms with Crippen LogP contribution in [0, 0.1) is 25.7 Å². The van der Waals surface area contributed by atoms with Crippen LogP contribution in [0.4, 0.5) is 0 Å². The van der Waals surface area contributed by atoms with E-state index in [1.54, 1.807) is 0 Å². The second-order valence-electron chi connectivity index (χ2n) is 6.49. The van der Waals surface area contributed by atoms with Crippen LogP contribution < -0.4 is 5.32 Å². The third-order valence-electron chi connectivity index (χ3n) is 5.01. The maximum absolute atomic E-state index is 5.64. The van der Waals surface area contributed by atoms with Gasteiger partial charge in [0.25, 0.3) is 0 Å². The zero-order valence-corrected chi connectivity index (χ0v) is 15.4. The number of likely N-dealkylation sites (tertiary alicyclic amines) is 1. The zero-order valence-electron chi connectivity index (χ0n) is 15.4. The molecule has 5 heteroatoms. The summed E-state index contributed by atoms with van der Waals surface area (Å²) in [7, 11) is 0. The van der Waals surface area contributed by atoms with E-state index in [4.69, 9.17) is 9.41 Å². The van der Waals surface area contributed by atoms with Crippen molar-refractivity contribution >= 4 is 5.96 Å². The van der Waals surface area contributed by atoms with Gasteiger partial charge in [-0.25, -0.2) is 9.98 Å². The predicted molar refractivity (Wildman–Crippen MR) is 94.5 cm³/mol. The highest BCUT2D eigenvalue weighted by Crippen LogP contribution is 2.28. The number of hydrogen-bond donors (Lipinski definition) is 1. The van der Waals surface area contributed by atoms with Crippen molar-refractivity contribution in [3.05, 3.63) is 17.3 Å². The number of nitrogens with zero attached hydrogens (tertiary/aromatic N) is 3. The molecule has 0 spiro atoms. The van der Waals surface area contributed by atoms with Gasteiger partial charge in [-0.1, -0.05) is 26.7 Å². The standard InChI is InChI=1S/C18H32N4O/c1-6-15(7-2)16-9-10-22(12-16)18(19-8-3)20-11-17-21-13(4)14(5)23-17/h15-16H,6-12H2,1-5H3,(H,19,20). The van der Waals surface area contributed by atoms with E-state index in [0.717, 1.165) is 48.9 Å². The molecule has 1 atom stereocenters. The van der Waals surface area contributed by atoms with E-state index in [9.17, 15) is 0 Å². The molecule has 23 heavy (non-hydrogen) atoms. The summed E-state index contributed by atoms with van der Waals surface area (Å²) in [4.78, 5) is 11.6. The first-order valence-electron chi connectivity index (χ1n) is 9.05. The lowest BCUT2D eigenvalue weighted by molar-refractivity contribution is 0.319. The van der Waals surface area contributed by atoms with Crippen LogP contribution in [0.5, 0.6) is 0 Å². The first kappa shape index (κ1) is 17.8. The van der Waals surface area contributed by atoms with E-state index in [2.05, 4.69) is 36.0 Å². The molecule has 1 aliphatic rings. The molecule has 0 amide bonds. The highest BCUT2D eigenvalue weighted by atomic mass is 16.4. The van der Waals surface area contributed by atoms with E-state index in [1.165, 1.54) is 19.3 Å². The van der Waals surface area contributed by atoms with Crippen LogP contribution in [0.15, 0.2) is 9.41 Å². The molecule has 1 aliphatic heterocycles. The highest BCUT2D eigenvalue weighted by molar-refractivity contribution is 5.80. The summed E-state index contributed by atoms with van der Waals surface area (Å²) in [5.41, 5.74) is 0.954. The molecule has 130 valence electrons. The number of oxazole rings is 1. The van der Waals surface area contributed by atoms with E-state index >= 15 is 0 Å². The fraction of sp³-hybridized carbons (Fsp3) is 0.778. The van der Waals surface area contributed by atoms with Crippen molar-refractivity contribution in [3.8, 4) is 0 Å². The Balaban J connectivity index is 2.02. The van der Waals surface area contributed by atoms with E-state index in [1.807, 2.05) is 13.8 Å². The van der Waals surface area contributed by atoms with Gasteiger partial charge in [0.15, 0.2) is 5.96 Å². The van der Waals surface area contributed by atoms with Crippen molar-refractivity contribution in [3.63, 3.8) is 0 Å². The molecule has 1 fully saturated rings. The number of hydrogen-bond acceptors (Lipinski definition) is 3. The smallest absolute Gasteiger partial charge is 0.216 e. The molecule has 0 aromatic carbocycles. The molecule has 0 saturated carbocycles. The number of aromatic nitrogens is 1. The minimum atomic E-state index is 0.503. The summed E-state index contributed by atoms with van der Waals surface area (Å²) < 4.78 is 5.64. The SMILES string of the molecule is CCNC(=NCc1nc(C)c(C)o1)N1CCC(C(CC)CC)C1. The fourth-order valence-electron chi connectivity index (χ4n) is 3.49. The van der Waals surface area contributed by atoms with Crippen molar-refractivity contribution in [2.45, 2.75) is 60.4 Å². The Labute approximate surface area is 140 Å². The largest absolute Gasteiger partial charge is 0.444 e. The molecular formula is C18H32N4O. The summed E-state index contributed by atoms with van der Waals surface area (Å²) in [6.45, 7) is 14.2. The Morgan fingerprint density at radius 2 is 2.09 bits per heavy atom. The highest BCUT2D eigenvalue weighted by Gasteiger charge is 2.29. The normalized spacial score (nSPS) is 19.0. The minimum Gasteiger partial charge on any atom is -0.444 e. The quantitative estimate of drug-likeness (QED) is 0.644. The summed E-state index contributed by atoms with van der Waals surface area (Å²) in [6.07, 6.45) is 3.82. The monoisotopic (exact) mass is 320 g/mol. The van der Waals surface area contributed by atoms with Gasteiger partial charge in [-0.15, -0.1) is 0 Å². The first-order valence-corrected chi connectivity index (χ1v) is 9.05. The van der Waals surface area contributed by atoms with E-state index in [0.29, 0.717) is 12.4 Å². The molecule has 2 heterocycles. The number of aliphatic imine (C=N–C) groups is 1. The van der Waals surface area contributed by atoms with E-state index in [-0.39, 0.29) is 0 Å². The molecule has 1 N–H and O–H groups in total. The summed E-state index contributed by atoms with van der Waals surface area (Å²) in [5.74, 6) is 4.20. The second kappa shape index (κ2) is 8.37. The Hall–Kier alpha value is -1.52. The molecule has 2 rings (SSSR count). The Morgan fingerprint density at radius 1 is 1.35 bits per heavy atom. The summed E-state index contributed by atoms with van der Waals surface area (Å²) in [6, 6.07) is 0. The van der Waals surface area contributed by atoms with Crippen LogP contribution in [0.25, 0.3) is 0 Å². The van der Waals surface area contributed by atoms with Gasteiger partial charge in [-0.05, 0) is 39.0 Å². The third kappa shape index (κ3) is 4.49. The lowest BCUT2D eigenvalue weighted by Crippen LogP contribution is -2.40. The Bertz CT molecular complexity index is 500. The average Bonchev–Trinajstić information content (AvgIpc) is 3.13. The number of guanidine groups is 1. The number of nitrogens with one attached hydrogen (secondary N) is 1. The van der Waals surface area contributed by atoms with Crippen LogP contribution >= 0.6 is 0 Å². The Morgan fingerprint density at radius 3 is 2.65 bits per heavy atom. The molecular weight excluding hydrogens is 288 g/mol. The van der Waals surface area contributed by atoms with Gasteiger partial charge in [0.05, 0.1) is 5.69 Å². The number of rotatable bonds is 6. The molecule has 1 aromatic heterocycles. The van der Waals surface area contributed by atoms with Crippen molar-refractivity contribution < 1.29 is 4.42 Å². The molecule has 1 saturated heterocycles. The Kier molecular flexibility index (Phi) is 6.48. The van der Waals surface area contributed by atoms with Gasteiger partial charge in [-0.3, -0.25) is 0 Å². The topological polar surface area (TPSA) is 53.7 Å². The van der Waals surface area contributed by atoms with Gasteiger partial charge in [-0.2, -0.15) is 0 Å². The van der Waals surface area contributed by atoms with Crippen molar-refractivity contribution in [1.82, 2.24) is 15.2 Å². The maximum Gasteiger partial charge on any atom is 0.216 e. The van der Waals surface area contributed by atoms with Gasteiger partial charge in [0, 0.05) is 19.6 Å².